The number of nitrogens with two attached hydrogens (primary N) is 1. The Bertz CT molecular complexity index is 1060. The number of hydrogen-bond acceptors (Lipinski definition) is 7. The number of phenols is 1. The SMILES string of the molecule is CC1(C)c2cccc(O)c2C(=O)C2=C(O)C3(O)C(=O)C(C(N)=O)=C(O)CC3CC21. The minimum Gasteiger partial charge on any atom is -0.511 e. The Hall–Kier alpha value is -3.13. The zero-order chi connectivity index (χ0) is 21.5. The highest BCUT2D eigenvalue weighted by Gasteiger charge is 2.62. The Balaban J connectivity index is 1.99. The fourth-order valence-electron chi connectivity index (χ4n) is 5.13. The zero-order valence-corrected chi connectivity index (χ0v) is 15.9. The van der Waals surface area contributed by atoms with Crippen molar-refractivity contribution in [3.8, 4) is 5.75 Å². The molecule has 152 valence electrons. The number of hydrogen-bond donors (Lipinski definition) is 5. The highest BCUT2D eigenvalue weighted by Crippen LogP contribution is 2.56. The fourth-order valence-corrected chi connectivity index (χ4v) is 5.13. The first-order valence-corrected chi connectivity index (χ1v) is 9.23. The number of phenolic OH excluding ortho intramolecular Hbond substituents is 1. The van der Waals surface area contributed by atoms with Gasteiger partial charge >= 0.3 is 0 Å². The molecule has 8 heteroatoms. The smallest absolute Gasteiger partial charge is 0.255 e. The third kappa shape index (κ3) is 2.20. The van der Waals surface area contributed by atoms with Crippen LogP contribution in [0.15, 0.2) is 40.9 Å². The van der Waals surface area contributed by atoms with Crippen molar-refractivity contribution in [2.75, 3.05) is 0 Å². The molecule has 0 radical (unpaired) electrons. The summed E-state index contributed by atoms with van der Waals surface area (Å²) in [6.07, 6.45) is -0.142. The molecule has 0 aliphatic heterocycles. The van der Waals surface area contributed by atoms with E-state index < -0.39 is 57.4 Å². The average molecular weight is 399 g/mol. The van der Waals surface area contributed by atoms with Crippen molar-refractivity contribution in [1.82, 2.24) is 0 Å². The van der Waals surface area contributed by atoms with Gasteiger partial charge < -0.3 is 26.2 Å². The standard InChI is InChI=1S/C21H21NO7/c1-20(2)9-4-3-5-11(23)13(9)16(25)14-10(20)6-8-7-12(24)15(19(22)28)18(27)21(8,29)17(14)26/h3-5,8,10,23-24,26,29H,6-7H2,1-2H3,(H2,22,28). The lowest BCUT2D eigenvalue weighted by atomic mass is 9.53. The van der Waals surface area contributed by atoms with Gasteiger partial charge in [0.15, 0.2) is 11.4 Å². The minimum absolute atomic E-state index is 0.00845. The summed E-state index contributed by atoms with van der Waals surface area (Å²) in [5.41, 5.74) is 1.56. The molecule has 0 saturated carbocycles. The summed E-state index contributed by atoms with van der Waals surface area (Å²) in [6.45, 7) is 3.68. The lowest BCUT2D eigenvalue weighted by Crippen LogP contribution is -2.58. The third-order valence-corrected chi connectivity index (χ3v) is 6.70. The van der Waals surface area contributed by atoms with Gasteiger partial charge in [-0.05, 0) is 23.5 Å². The molecule has 0 saturated heterocycles. The summed E-state index contributed by atoms with van der Waals surface area (Å²) >= 11 is 0. The number of allylic oxidation sites excluding steroid dienone is 2. The molecule has 0 aromatic heterocycles. The minimum atomic E-state index is -2.55. The van der Waals surface area contributed by atoms with Gasteiger partial charge in [-0.1, -0.05) is 26.0 Å². The number of amides is 1. The second-order valence-electron chi connectivity index (χ2n) is 8.48. The molecule has 3 aliphatic carbocycles. The van der Waals surface area contributed by atoms with Crippen LogP contribution in [0, 0.1) is 11.8 Å². The maximum Gasteiger partial charge on any atom is 0.255 e. The molecule has 1 aromatic carbocycles. The van der Waals surface area contributed by atoms with Crippen LogP contribution in [-0.2, 0) is 15.0 Å². The summed E-state index contributed by atoms with van der Waals surface area (Å²) in [6, 6.07) is 4.69. The second-order valence-corrected chi connectivity index (χ2v) is 8.48. The summed E-state index contributed by atoms with van der Waals surface area (Å²) in [7, 11) is 0. The molecule has 8 nitrogen and oxygen atoms in total. The Kier molecular flexibility index (Phi) is 3.77. The molecule has 4 rings (SSSR count). The highest BCUT2D eigenvalue weighted by molar-refractivity contribution is 6.24. The first-order chi connectivity index (χ1) is 13.4. The van der Waals surface area contributed by atoms with Crippen molar-refractivity contribution in [2.45, 2.75) is 37.7 Å². The van der Waals surface area contributed by atoms with Crippen molar-refractivity contribution in [3.05, 3.63) is 52.0 Å². The molecule has 6 N–H and O–H groups in total. The number of aromatic hydroxyl groups is 1. The topological polar surface area (TPSA) is 158 Å². The molecule has 0 heterocycles. The van der Waals surface area contributed by atoms with E-state index >= 15 is 0 Å². The van der Waals surface area contributed by atoms with Gasteiger partial charge in [-0.25, -0.2) is 0 Å². The predicted octanol–water partition coefficient (Wildman–Crippen LogP) is 1.32. The van der Waals surface area contributed by atoms with Crippen molar-refractivity contribution in [1.29, 1.82) is 0 Å². The van der Waals surface area contributed by atoms with Gasteiger partial charge in [0.2, 0.25) is 5.78 Å². The van der Waals surface area contributed by atoms with Crippen LogP contribution in [-0.4, -0.2) is 43.5 Å². The van der Waals surface area contributed by atoms with E-state index in [0.29, 0.717) is 5.56 Å². The zero-order valence-electron chi connectivity index (χ0n) is 15.9. The molecule has 3 atom stereocenters. The normalized spacial score (nSPS) is 30.6. The third-order valence-electron chi connectivity index (χ3n) is 6.70. The van der Waals surface area contributed by atoms with Crippen LogP contribution in [0.2, 0.25) is 0 Å². The Labute approximate surface area is 166 Å². The maximum absolute atomic E-state index is 13.2. The molecule has 1 amide bonds. The van der Waals surface area contributed by atoms with E-state index in [2.05, 4.69) is 0 Å². The van der Waals surface area contributed by atoms with Crippen molar-refractivity contribution < 1.29 is 34.8 Å². The van der Waals surface area contributed by atoms with Gasteiger partial charge in [0.1, 0.15) is 22.8 Å². The molecular weight excluding hydrogens is 378 g/mol. The van der Waals surface area contributed by atoms with Crippen LogP contribution in [0.5, 0.6) is 5.75 Å². The lowest BCUT2D eigenvalue weighted by molar-refractivity contribution is -0.144. The largest absolute Gasteiger partial charge is 0.511 e. The lowest BCUT2D eigenvalue weighted by Gasteiger charge is -2.50. The summed E-state index contributed by atoms with van der Waals surface area (Å²) in [5, 5.41) is 42.6. The molecule has 1 aromatic rings. The maximum atomic E-state index is 13.2. The highest BCUT2D eigenvalue weighted by atomic mass is 16.3. The van der Waals surface area contributed by atoms with Crippen molar-refractivity contribution in [3.63, 3.8) is 0 Å². The van der Waals surface area contributed by atoms with Gasteiger partial charge in [0, 0.05) is 23.8 Å². The molecule has 29 heavy (non-hydrogen) atoms. The number of carbonyl (C=O) groups excluding carboxylic acids is 3. The van der Waals surface area contributed by atoms with Gasteiger partial charge in [0.25, 0.3) is 5.91 Å². The second kappa shape index (κ2) is 5.70. The number of carbonyl (C=O) groups is 3. The molecule has 3 aliphatic rings. The van der Waals surface area contributed by atoms with E-state index in [9.17, 15) is 34.8 Å². The van der Waals surface area contributed by atoms with Gasteiger partial charge in [0.05, 0.1) is 5.56 Å². The predicted molar refractivity (Wildman–Crippen MR) is 100 cm³/mol. The summed E-state index contributed by atoms with van der Waals surface area (Å²) < 4.78 is 0. The van der Waals surface area contributed by atoms with E-state index in [1.807, 2.05) is 13.8 Å². The van der Waals surface area contributed by atoms with E-state index in [1.54, 1.807) is 12.1 Å². The number of primary amides is 1. The van der Waals surface area contributed by atoms with Gasteiger partial charge in [-0.2, -0.15) is 0 Å². The first kappa shape index (κ1) is 19.2. The average Bonchev–Trinajstić information content (AvgIpc) is 2.62. The number of benzene rings is 1. The van der Waals surface area contributed by atoms with Crippen LogP contribution in [0.3, 0.4) is 0 Å². The number of rotatable bonds is 1. The van der Waals surface area contributed by atoms with Gasteiger partial charge in [-0.15, -0.1) is 0 Å². The van der Waals surface area contributed by atoms with Crippen molar-refractivity contribution >= 4 is 17.5 Å². The quantitative estimate of drug-likeness (QED) is 0.445. The number of aliphatic hydroxyl groups is 3. The molecule has 0 spiro atoms. The molecule has 0 fully saturated rings. The molecular formula is C21H21NO7. The van der Waals surface area contributed by atoms with Crippen molar-refractivity contribution in [2.24, 2.45) is 17.6 Å². The van der Waals surface area contributed by atoms with Crippen LogP contribution < -0.4 is 5.73 Å². The van der Waals surface area contributed by atoms with Crippen LogP contribution >= 0.6 is 0 Å². The monoisotopic (exact) mass is 399 g/mol. The van der Waals surface area contributed by atoms with E-state index in [0.717, 1.165) is 0 Å². The summed E-state index contributed by atoms with van der Waals surface area (Å²) in [4.78, 5) is 37.7. The first-order valence-electron chi connectivity index (χ1n) is 9.23. The number of fused-ring (bicyclic) bond motifs is 3. The Morgan fingerprint density at radius 1 is 1.17 bits per heavy atom. The van der Waals surface area contributed by atoms with E-state index in [4.69, 9.17) is 5.73 Å². The van der Waals surface area contributed by atoms with Crippen LogP contribution in [0.4, 0.5) is 0 Å². The number of Topliss-reactive ketones (excluding diaryl/α,β-unsaturated/α-hetero) is 2. The van der Waals surface area contributed by atoms with Gasteiger partial charge in [-0.3, -0.25) is 14.4 Å². The van der Waals surface area contributed by atoms with Crippen LogP contribution in [0.25, 0.3) is 0 Å². The molecule has 3 unspecified atom stereocenters. The summed E-state index contributed by atoms with van der Waals surface area (Å²) in [5.74, 6) is -6.30. The number of ketones is 2. The van der Waals surface area contributed by atoms with Crippen LogP contribution in [0.1, 0.15) is 42.6 Å². The fraction of sp³-hybridized carbons (Fsp3) is 0.381. The molecule has 0 bridgehead atoms. The van der Waals surface area contributed by atoms with E-state index in [-0.39, 0.29) is 29.7 Å². The number of aliphatic hydroxyl groups excluding tert-OH is 2. The Morgan fingerprint density at radius 2 is 1.83 bits per heavy atom. The Morgan fingerprint density at radius 3 is 2.45 bits per heavy atom. The van der Waals surface area contributed by atoms with E-state index in [1.165, 1.54) is 6.07 Å².